The number of nitriles is 1. The number of amides is 1. The number of para-hydroxylation sites is 1. The Bertz CT molecular complexity index is 653. The summed E-state index contributed by atoms with van der Waals surface area (Å²) >= 11 is 0. The maximum absolute atomic E-state index is 12.6. The van der Waals surface area contributed by atoms with Gasteiger partial charge in [-0.2, -0.15) is 5.26 Å². The molecule has 0 aliphatic carbocycles. The van der Waals surface area contributed by atoms with Gasteiger partial charge in [0.05, 0.1) is 0 Å². The molecule has 1 saturated heterocycles. The molecule has 120 valence electrons. The number of hydrogen-bond donors (Lipinski definition) is 0. The average molecular weight is 310 g/mol. The highest BCUT2D eigenvalue weighted by Crippen LogP contribution is 2.27. The Morgan fingerprint density at radius 2 is 1.91 bits per heavy atom. The second-order valence-electron chi connectivity index (χ2n) is 6.18. The summed E-state index contributed by atoms with van der Waals surface area (Å²) in [6.45, 7) is 3.93. The molecule has 0 radical (unpaired) electrons. The summed E-state index contributed by atoms with van der Waals surface area (Å²) < 4.78 is 0. The fourth-order valence-corrected chi connectivity index (χ4v) is 3.16. The molecule has 0 bridgehead atoms. The smallest absolute Gasteiger partial charge is 0.266 e. The van der Waals surface area contributed by atoms with Gasteiger partial charge in [0.25, 0.3) is 5.91 Å². The summed E-state index contributed by atoms with van der Waals surface area (Å²) in [5.74, 6) is -0.149. The van der Waals surface area contributed by atoms with Crippen molar-refractivity contribution in [1.29, 1.82) is 5.26 Å². The third-order valence-corrected chi connectivity index (χ3v) is 4.57. The lowest BCUT2D eigenvalue weighted by Gasteiger charge is -2.33. The molecule has 2 aliphatic heterocycles. The lowest BCUT2D eigenvalue weighted by atomic mass is 10.0. The molecule has 0 N–H and O–H groups in total. The van der Waals surface area contributed by atoms with Gasteiger partial charge >= 0.3 is 0 Å². The Balaban J connectivity index is 1.80. The zero-order chi connectivity index (χ0) is 16.2. The lowest BCUT2D eigenvalue weighted by molar-refractivity contribution is -0.128. The average Bonchev–Trinajstić information content (AvgIpc) is 2.60. The minimum Gasteiger partial charge on any atom is -0.346 e. The second kappa shape index (κ2) is 6.84. The molecule has 5 nitrogen and oxygen atoms in total. The van der Waals surface area contributed by atoms with Crippen LogP contribution in [0.25, 0.3) is 0 Å². The highest BCUT2D eigenvalue weighted by molar-refractivity contribution is 5.97. The molecule has 2 aliphatic rings. The molecule has 2 heterocycles. The number of carbonyl (C=O) groups is 1. The number of anilines is 1. The number of fused-ring (bicyclic) bond motifs is 1. The van der Waals surface area contributed by atoms with Crippen LogP contribution in [-0.4, -0.2) is 55.5 Å². The van der Waals surface area contributed by atoms with Crippen molar-refractivity contribution in [1.82, 2.24) is 9.80 Å². The van der Waals surface area contributed by atoms with Crippen LogP contribution in [0.4, 0.5) is 5.69 Å². The van der Waals surface area contributed by atoms with Crippen molar-refractivity contribution in [3.8, 4) is 6.07 Å². The lowest BCUT2D eigenvalue weighted by Crippen LogP contribution is -2.47. The van der Waals surface area contributed by atoms with Crippen molar-refractivity contribution < 1.29 is 4.79 Å². The van der Waals surface area contributed by atoms with E-state index in [9.17, 15) is 10.1 Å². The molecule has 0 saturated carbocycles. The summed E-state index contributed by atoms with van der Waals surface area (Å²) in [7, 11) is 2.05. The molecule has 1 fully saturated rings. The number of rotatable bonds is 2. The zero-order valence-electron chi connectivity index (χ0n) is 13.5. The predicted octanol–water partition coefficient (Wildman–Crippen LogP) is 1.62. The van der Waals surface area contributed by atoms with Gasteiger partial charge in [-0.3, -0.25) is 4.79 Å². The van der Waals surface area contributed by atoms with Crippen molar-refractivity contribution in [2.24, 2.45) is 0 Å². The van der Waals surface area contributed by atoms with Crippen LogP contribution in [-0.2, 0) is 11.2 Å². The zero-order valence-corrected chi connectivity index (χ0v) is 13.5. The number of benzene rings is 1. The predicted molar refractivity (Wildman–Crippen MR) is 89.9 cm³/mol. The summed E-state index contributed by atoms with van der Waals surface area (Å²) in [5, 5.41) is 9.45. The van der Waals surface area contributed by atoms with Crippen LogP contribution in [0.5, 0.6) is 0 Å². The molecule has 1 amide bonds. The first-order valence-corrected chi connectivity index (χ1v) is 8.13. The number of nitrogens with zero attached hydrogens (tertiary/aromatic N) is 4. The maximum atomic E-state index is 12.6. The van der Waals surface area contributed by atoms with E-state index in [0.29, 0.717) is 13.1 Å². The van der Waals surface area contributed by atoms with Crippen molar-refractivity contribution in [2.45, 2.75) is 12.8 Å². The van der Waals surface area contributed by atoms with Crippen molar-refractivity contribution in [2.75, 3.05) is 44.7 Å². The van der Waals surface area contributed by atoms with Crippen molar-refractivity contribution >= 4 is 11.6 Å². The van der Waals surface area contributed by atoms with Gasteiger partial charge < -0.3 is 14.7 Å². The van der Waals surface area contributed by atoms with E-state index >= 15 is 0 Å². The summed E-state index contributed by atoms with van der Waals surface area (Å²) in [6.07, 6.45) is 3.82. The van der Waals surface area contributed by atoms with Gasteiger partial charge in [0.2, 0.25) is 0 Å². The molecule has 1 aromatic carbocycles. The maximum Gasteiger partial charge on any atom is 0.266 e. The Morgan fingerprint density at radius 3 is 2.65 bits per heavy atom. The van der Waals surface area contributed by atoms with Gasteiger partial charge in [0.1, 0.15) is 11.6 Å². The van der Waals surface area contributed by atoms with E-state index in [2.05, 4.69) is 23.1 Å². The van der Waals surface area contributed by atoms with Gasteiger partial charge in [0, 0.05) is 44.6 Å². The first kappa shape index (κ1) is 15.6. The molecule has 23 heavy (non-hydrogen) atoms. The minimum atomic E-state index is -0.149. The normalized spacial score (nSPS) is 19.2. The van der Waals surface area contributed by atoms with Crippen LogP contribution in [0.2, 0.25) is 0 Å². The van der Waals surface area contributed by atoms with E-state index in [1.54, 1.807) is 11.1 Å². The third-order valence-electron chi connectivity index (χ3n) is 4.57. The van der Waals surface area contributed by atoms with E-state index < -0.39 is 0 Å². The third kappa shape index (κ3) is 3.38. The van der Waals surface area contributed by atoms with E-state index in [1.807, 2.05) is 24.1 Å². The molecular formula is C18H22N4O. The number of hydrogen-bond acceptors (Lipinski definition) is 4. The van der Waals surface area contributed by atoms with Gasteiger partial charge in [-0.05, 0) is 31.5 Å². The van der Waals surface area contributed by atoms with E-state index in [-0.39, 0.29) is 11.5 Å². The number of piperazine rings is 1. The highest BCUT2D eigenvalue weighted by atomic mass is 16.2. The van der Waals surface area contributed by atoms with E-state index in [4.69, 9.17) is 0 Å². The minimum absolute atomic E-state index is 0.149. The first-order chi connectivity index (χ1) is 11.2. The quantitative estimate of drug-likeness (QED) is 0.615. The van der Waals surface area contributed by atoms with Crippen molar-refractivity contribution in [3.63, 3.8) is 0 Å². The highest BCUT2D eigenvalue weighted by Gasteiger charge is 2.24. The summed E-state index contributed by atoms with van der Waals surface area (Å²) in [5.41, 5.74) is 2.61. The van der Waals surface area contributed by atoms with Crippen LogP contribution < -0.4 is 4.90 Å². The summed E-state index contributed by atoms with van der Waals surface area (Å²) in [6, 6.07) is 10.3. The van der Waals surface area contributed by atoms with Crippen LogP contribution in [0.1, 0.15) is 12.0 Å². The Kier molecular flexibility index (Phi) is 4.63. The van der Waals surface area contributed by atoms with Gasteiger partial charge in [-0.15, -0.1) is 0 Å². The Morgan fingerprint density at radius 1 is 1.17 bits per heavy atom. The Labute approximate surface area is 137 Å². The second-order valence-corrected chi connectivity index (χ2v) is 6.18. The SMILES string of the molecule is CN1CCN(C(=O)/C(C#N)=C\N2CCCc3ccccc32)CC1. The van der Waals surface area contributed by atoms with Crippen molar-refractivity contribution in [3.05, 3.63) is 41.6 Å². The molecule has 0 aromatic heterocycles. The largest absolute Gasteiger partial charge is 0.346 e. The van der Waals surface area contributed by atoms with Crippen LogP contribution in [0, 0.1) is 11.3 Å². The first-order valence-electron chi connectivity index (χ1n) is 8.13. The number of likely N-dealkylation sites (N-methyl/N-ethyl adjacent to an activating group) is 1. The number of carbonyl (C=O) groups excluding carboxylic acids is 1. The Hall–Kier alpha value is -2.32. The topological polar surface area (TPSA) is 50.6 Å². The van der Waals surface area contributed by atoms with Crippen LogP contribution in [0.15, 0.2) is 36.0 Å². The van der Waals surface area contributed by atoms with E-state index in [1.165, 1.54) is 5.56 Å². The molecule has 0 unspecified atom stereocenters. The fraction of sp³-hybridized carbons (Fsp3) is 0.444. The standard InChI is InChI=1S/C18H22N4O/c1-20-9-11-21(12-10-20)18(23)16(13-19)14-22-8-4-6-15-5-2-3-7-17(15)22/h2-3,5,7,14H,4,6,8-12H2,1H3/b16-14-. The monoisotopic (exact) mass is 310 g/mol. The van der Waals surface area contributed by atoms with Crippen LogP contribution in [0.3, 0.4) is 0 Å². The van der Waals surface area contributed by atoms with Gasteiger partial charge in [-0.25, -0.2) is 0 Å². The summed E-state index contributed by atoms with van der Waals surface area (Å²) in [4.78, 5) is 18.6. The number of aryl methyl sites for hydroxylation is 1. The molecule has 5 heteroatoms. The van der Waals surface area contributed by atoms with Gasteiger partial charge in [0.15, 0.2) is 0 Å². The molecule has 0 spiro atoms. The molecular weight excluding hydrogens is 288 g/mol. The van der Waals surface area contributed by atoms with Crippen LogP contribution >= 0.6 is 0 Å². The molecule has 3 rings (SSSR count). The molecule has 0 atom stereocenters. The molecule has 1 aromatic rings. The van der Waals surface area contributed by atoms with E-state index in [0.717, 1.165) is 38.2 Å². The fourth-order valence-electron chi connectivity index (χ4n) is 3.16. The van der Waals surface area contributed by atoms with Gasteiger partial charge in [-0.1, -0.05) is 18.2 Å².